The first-order chi connectivity index (χ1) is 24.4. The number of aliphatic hydroxyl groups is 2. The van der Waals surface area contributed by atoms with Gasteiger partial charge >= 0.3 is 18.1 Å². The molecule has 0 unspecified atom stereocenters. The summed E-state index contributed by atoms with van der Waals surface area (Å²) in [5.41, 5.74) is 25.6. The molecule has 4 amide bonds. The molecule has 20 heteroatoms. The Hall–Kier alpha value is -4.69. The summed E-state index contributed by atoms with van der Waals surface area (Å²) < 4.78 is 41.1. The number of carbonyl (C=O) groups excluding carboxylic acids is 4. The minimum absolute atomic E-state index is 0.0504. The number of rotatable bonds is 24. The van der Waals surface area contributed by atoms with Crippen molar-refractivity contribution in [2.75, 3.05) is 19.6 Å². The van der Waals surface area contributed by atoms with Crippen molar-refractivity contribution in [2.24, 2.45) is 22.9 Å². The van der Waals surface area contributed by atoms with Crippen molar-refractivity contribution in [1.29, 1.82) is 0 Å². The second kappa shape index (κ2) is 23.0. The summed E-state index contributed by atoms with van der Waals surface area (Å²) in [6.07, 6.45) is -3.62. The smallest absolute Gasteiger partial charge is 0.358 e. The quantitative estimate of drug-likeness (QED) is 0.0206. The van der Waals surface area contributed by atoms with Crippen LogP contribution in [0.4, 0.5) is 13.2 Å². The number of guanidine groups is 2. The van der Waals surface area contributed by atoms with Crippen LogP contribution in [-0.4, -0.2) is 102 Å². The van der Waals surface area contributed by atoms with Crippen LogP contribution in [0.15, 0.2) is 30.3 Å². The molecule has 17 nitrogen and oxygen atoms in total. The highest BCUT2D eigenvalue weighted by atomic mass is 19.4. The van der Waals surface area contributed by atoms with E-state index in [0.717, 1.165) is 0 Å². The Morgan fingerprint density at radius 2 is 1.17 bits per heavy atom. The Labute approximate surface area is 300 Å². The van der Waals surface area contributed by atoms with E-state index in [1.165, 1.54) is 0 Å². The average molecular weight is 749 g/mol. The second-order valence-electron chi connectivity index (χ2n) is 12.3. The molecule has 294 valence electrons. The third-order valence-corrected chi connectivity index (χ3v) is 7.98. The van der Waals surface area contributed by atoms with Crippen LogP contribution in [0.3, 0.4) is 0 Å². The van der Waals surface area contributed by atoms with Crippen LogP contribution in [0.25, 0.3) is 0 Å². The van der Waals surface area contributed by atoms with Crippen LogP contribution in [0.5, 0.6) is 0 Å². The van der Waals surface area contributed by atoms with Crippen molar-refractivity contribution >= 4 is 35.5 Å². The third kappa shape index (κ3) is 16.6. The molecule has 1 aromatic rings. The van der Waals surface area contributed by atoms with Crippen LogP contribution in [0, 0.1) is 0 Å². The lowest BCUT2D eigenvalue weighted by atomic mass is 9.99. The maximum Gasteiger partial charge on any atom is 0.445 e. The zero-order chi connectivity index (χ0) is 39.3. The zero-order valence-electron chi connectivity index (χ0n) is 29.6. The molecule has 0 aliphatic carbocycles. The largest absolute Gasteiger partial charge is 0.445 e. The van der Waals surface area contributed by atoms with E-state index in [1.54, 1.807) is 30.3 Å². The zero-order valence-corrected chi connectivity index (χ0v) is 29.6. The summed E-state index contributed by atoms with van der Waals surface area (Å²) in [7, 11) is 0. The highest BCUT2D eigenvalue weighted by Gasteiger charge is 2.58. The number of nitrogens with two attached hydrogens (primary N) is 4. The maximum absolute atomic E-state index is 13.7. The predicted octanol–water partition coefficient (Wildman–Crippen LogP) is -5.65. The number of amides is 4. The van der Waals surface area contributed by atoms with E-state index in [2.05, 4.69) is 31.7 Å². The van der Waals surface area contributed by atoms with Crippen LogP contribution in [-0.2, 0) is 14.4 Å². The van der Waals surface area contributed by atoms with Gasteiger partial charge in [-0.25, -0.2) is 0 Å². The lowest BCUT2D eigenvalue weighted by Gasteiger charge is -2.34. The third-order valence-electron chi connectivity index (χ3n) is 7.98. The summed E-state index contributed by atoms with van der Waals surface area (Å²) in [4.78, 5) is 58.9. The highest BCUT2D eigenvalue weighted by Crippen LogP contribution is 2.32. The molecule has 0 fully saturated rings. The van der Waals surface area contributed by atoms with E-state index in [-0.39, 0.29) is 57.1 Å². The average Bonchev–Trinajstić information content (AvgIpc) is 3.08. The van der Waals surface area contributed by atoms with Crippen molar-refractivity contribution in [3.05, 3.63) is 35.9 Å². The Morgan fingerprint density at radius 1 is 0.712 bits per heavy atom. The van der Waals surface area contributed by atoms with Gasteiger partial charge in [-0.15, -0.1) is 0 Å². The molecule has 1 aromatic carbocycles. The van der Waals surface area contributed by atoms with E-state index in [1.807, 2.05) is 12.2 Å². The molecule has 0 aliphatic heterocycles. The number of alkyl halides is 3. The SMILES string of the molecule is CCCC[C@H](NC(=O)c1ccccc1)C(=O)N[C@@H](CCCC[NH3+])C(=O)N[C@@H](CCC[NH+]=C(N)N)C(=O)N[C@@H](CCC[NH+]=C(N)N)C(O)(O)C(F)(F)F. The van der Waals surface area contributed by atoms with Gasteiger partial charge in [0.15, 0.2) is 0 Å². The monoisotopic (exact) mass is 748 g/mol. The minimum Gasteiger partial charge on any atom is -0.358 e. The Balaban J connectivity index is 3.35. The molecule has 0 radical (unpaired) electrons. The van der Waals surface area contributed by atoms with Gasteiger partial charge in [-0.2, -0.15) is 13.2 Å². The maximum atomic E-state index is 13.7. The lowest BCUT2D eigenvalue weighted by Crippen LogP contribution is -2.78. The molecule has 0 aromatic heterocycles. The highest BCUT2D eigenvalue weighted by molar-refractivity contribution is 5.98. The second-order valence-corrected chi connectivity index (χ2v) is 12.3. The molecule has 0 saturated heterocycles. The Kier molecular flexibility index (Phi) is 20.0. The Morgan fingerprint density at radius 3 is 1.65 bits per heavy atom. The van der Waals surface area contributed by atoms with Gasteiger partial charge in [0, 0.05) is 5.56 Å². The molecular weight excluding hydrogens is 691 g/mol. The van der Waals surface area contributed by atoms with Crippen LogP contribution < -0.4 is 59.9 Å². The van der Waals surface area contributed by atoms with E-state index < -0.39 is 66.2 Å². The van der Waals surface area contributed by atoms with Gasteiger partial charge in [0.25, 0.3) is 11.7 Å². The summed E-state index contributed by atoms with van der Waals surface area (Å²) in [5, 5.41) is 30.1. The van der Waals surface area contributed by atoms with Gasteiger partial charge < -0.3 is 37.2 Å². The molecule has 0 bridgehead atoms. The van der Waals surface area contributed by atoms with E-state index in [9.17, 15) is 42.6 Å². The standard InChI is InChI=1S/C32H54F3N11O6/c1-2-3-13-21(43-25(47)20-11-5-4-6-12-20)26(48)44-22(14-7-8-17-36)27(49)45-23(15-9-18-41-29(37)38)28(50)46-24(16-10-19-42-30(39)40)31(51,52)32(33,34)35/h4-6,11-12,21-24,51-52H,2-3,7-10,13-19,36H2,1H3,(H,43,47)(H,44,48)(H,45,49)(H,46,50)(H4,37,38,41)(H4,39,40,42)/p+3/t21-,22-,23-,24-/m0/s1. The number of hydrogen-bond acceptors (Lipinski definition) is 6. The van der Waals surface area contributed by atoms with Crippen molar-refractivity contribution in [3.8, 4) is 0 Å². The van der Waals surface area contributed by atoms with Gasteiger partial charge in [-0.1, -0.05) is 38.0 Å². The van der Waals surface area contributed by atoms with Crippen molar-refractivity contribution in [3.63, 3.8) is 0 Å². The molecule has 4 atom stereocenters. The van der Waals surface area contributed by atoms with Crippen LogP contribution in [0.2, 0.25) is 0 Å². The van der Waals surface area contributed by atoms with Crippen LogP contribution in [0.1, 0.15) is 81.5 Å². The number of carbonyl (C=O) groups is 4. The van der Waals surface area contributed by atoms with Crippen molar-refractivity contribution in [2.45, 2.75) is 107 Å². The molecule has 1 rings (SSSR count). The van der Waals surface area contributed by atoms with E-state index >= 15 is 0 Å². The molecular formula is C32H57F3N11O6+3. The molecule has 19 N–H and O–H groups in total. The first-order valence-corrected chi connectivity index (χ1v) is 17.3. The number of hydrogen-bond donors (Lipinski definition) is 13. The van der Waals surface area contributed by atoms with Crippen molar-refractivity contribution < 1.29 is 58.3 Å². The summed E-state index contributed by atoms with van der Waals surface area (Å²) in [6, 6.07) is 2.24. The summed E-state index contributed by atoms with van der Waals surface area (Å²) in [6.45, 7) is 2.51. The first-order valence-electron chi connectivity index (χ1n) is 17.3. The minimum atomic E-state index is -5.57. The number of quaternary nitrogens is 1. The Bertz CT molecular complexity index is 1320. The van der Waals surface area contributed by atoms with Gasteiger partial charge in [-0.3, -0.25) is 52.1 Å². The van der Waals surface area contributed by atoms with Crippen molar-refractivity contribution in [1.82, 2.24) is 21.3 Å². The molecule has 0 spiro atoms. The van der Waals surface area contributed by atoms with E-state index in [4.69, 9.17) is 22.9 Å². The first kappa shape index (κ1) is 45.3. The number of benzene rings is 1. The fraction of sp³-hybridized carbons (Fsp3) is 0.625. The van der Waals surface area contributed by atoms with Gasteiger partial charge in [0.05, 0.1) is 25.7 Å². The van der Waals surface area contributed by atoms with Gasteiger partial charge in [-0.05, 0) is 63.5 Å². The summed E-state index contributed by atoms with van der Waals surface area (Å²) >= 11 is 0. The fourth-order valence-electron chi connectivity index (χ4n) is 5.04. The molecule has 0 saturated carbocycles. The predicted molar refractivity (Wildman–Crippen MR) is 185 cm³/mol. The van der Waals surface area contributed by atoms with Crippen LogP contribution >= 0.6 is 0 Å². The molecule has 52 heavy (non-hydrogen) atoms. The topological polar surface area (TPSA) is 317 Å². The molecule has 0 aliphatic rings. The lowest BCUT2D eigenvalue weighted by molar-refractivity contribution is -0.460. The number of halogens is 3. The number of nitrogens with one attached hydrogen (secondary N) is 6. The van der Waals surface area contributed by atoms with Gasteiger partial charge in [0.2, 0.25) is 17.7 Å². The fourth-order valence-corrected chi connectivity index (χ4v) is 5.04. The van der Waals surface area contributed by atoms with Gasteiger partial charge in [0.1, 0.15) is 18.1 Å². The number of unbranched alkanes of at least 4 members (excludes halogenated alkanes) is 2. The van der Waals surface area contributed by atoms with E-state index in [0.29, 0.717) is 37.8 Å². The normalized spacial score (nSPS) is 13.8. The summed E-state index contributed by atoms with van der Waals surface area (Å²) in [5.74, 6) is -7.81. The molecule has 0 heterocycles.